The molecule has 216 valence electrons. The number of allylic oxidation sites excluding steroid dienone is 1. The van der Waals surface area contributed by atoms with E-state index in [-0.39, 0.29) is 35.3 Å². The largest absolute Gasteiger partial charge is 0.510 e. The number of nitrogens with two attached hydrogens (primary N) is 1. The predicted octanol–water partition coefficient (Wildman–Crippen LogP) is 2.39. The molecule has 6 N–H and O–H groups in total. The van der Waals surface area contributed by atoms with Gasteiger partial charge in [0.1, 0.15) is 22.8 Å². The minimum Gasteiger partial charge on any atom is -0.510 e. The quantitative estimate of drug-likeness (QED) is 0.321. The van der Waals surface area contributed by atoms with E-state index in [2.05, 4.69) is 18.7 Å². The van der Waals surface area contributed by atoms with Gasteiger partial charge in [0, 0.05) is 28.6 Å². The van der Waals surface area contributed by atoms with Gasteiger partial charge in [-0.05, 0) is 89.7 Å². The van der Waals surface area contributed by atoms with Gasteiger partial charge in [0.05, 0.1) is 11.6 Å². The molecule has 10 nitrogen and oxygen atoms in total. The van der Waals surface area contributed by atoms with Crippen LogP contribution < -0.4 is 5.73 Å². The molecule has 1 fully saturated rings. The van der Waals surface area contributed by atoms with Gasteiger partial charge in [-0.1, -0.05) is 11.6 Å². The van der Waals surface area contributed by atoms with E-state index in [1.54, 1.807) is 14.1 Å². The fraction of sp³-hybridized carbons (Fsp3) is 0.552. The number of phenols is 1. The van der Waals surface area contributed by atoms with Crippen molar-refractivity contribution in [3.05, 3.63) is 50.4 Å². The number of primary amides is 1. The highest BCUT2D eigenvalue weighted by Crippen LogP contribution is 2.53. The van der Waals surface area contributed by atoms with Crippen molar-refractivity contribution in [3.63, 3.8) is 0 Å². The van der Waals surface area contributed by atoms with Crippen molar-refractivity contribution in [2.24, 2.45) is 23.5 Å². The van der Waals surface area contributed by atoms with Gasteiger partial charge in [-0.2, -0.15) is 0 Å². The third kappa shape index (κ3) is 3.91. The number of ketones is 2. The van der Waals surface area contributed by atoms with Gasteiger partial charge in [0.2, 0.25) is 5.78 Å². The predicted molar refractivity (Wildman–Crippen MR) is 147 cm³/mol. The number of aliphatic hydroxyl groups excluding tert-OH is 2. The van der Waals surface area contributed by atoms with Gasteiger partial charge in [0.15, 0.2) is 11.4 Å². The molecule has 0 aromatic heterocycles. The average Bonchev–Trinajstić information content (AvgIpc) is 3.70. The van der Waals surface area contributed by atoms with Crippen molar-refractivity contribution in [1.29, 1.82) is 0 Å². The number of amides is 1. The van der Waals surface area contributed by atoms with Crippen LogP contribution in [0.15, 0.2) is 28.7 Å². The topological polar surface area (TPSA) is 165 Å². The molecule has 4 aliphatic carbocycles. The number of carbonyl (C=O) groups is 3. The molecule has 0 radical (unpaired) electrons. The summed E-state index contributed by atoms with van der Waals surface area (Å²) >= 11 is 6.89. The number of benzene rings is 1. The number of likely N-dealkylation sites (N-methyl/N-ethyl adjacent to an activating group) is 1. The minimum absolute atomic E-state index is 0.0156. The van der Waals surface area contributed by atoms with Gasteiger partial charge in [-0.3, -0.25) is 24.2 Å². The number of aromatic hydroxyl groups is 1. The summed E-state index contributed by atoms with van der Waals surface area (Å²) in [6, 6.07) is 0.412. The van der Waals surface area contributed by atoms with Crippen LogP contribution in [0.2, 0.25) is 5.02 Å². The number of fused-ring (bicyclic) bond motifs is 3. The smallest absolute Gasteiger partial charge is 0.255 e. The van der Waals surface area contributed by atoms with E-state index >= 15 is 0 Å². The summed E-state index contributed by atoms with van der Waals surface area (Å²) in [5.41, 5.74) is 2.61. The first kappa shape index (κ1) is 28.6. The molecular formula is C29H36ClN3O7. The maximum Gasteiger partial charge on any atom is 0.255 e. The SMILES string of the molecule is CN(C)[C@@H]1C(O)=C(C(N)=O)C(=O)C2(O)C(O)=C3C(=O)c4c(O)cc(CN(C)C(C)(C)C5CC5)c(Cl)c4C[C@H]3C[C@@H]12. The Kier molecular flexibility index (Phi) is 6.65. The van der Waals surface area contributed by atoms with Crippen LogP contribution in [0.1, 0.15) is 54.6 Å². The van der Waals surface area contributed by atoms with Crippen molar-refractivity contribution >= 4 is 29.1 Å². The van der Waals surface area contributed by atoms with Crippen LogP contribution in [0.25, 0.3) is 0 Å². The number of carbonyl (C=O) groups excluding carboxylic acids is 3. The molecule has 4 aliphatic rings. The number of halogens is 1. The van der Waals surface area contributed by atoms with E-state index in [0.29, 0.717) is 28.6 Å². The van der Waals surface area contributed by atoms with E-state index in [0.717, 1.165) is 12.8 Å². The van der Waals surface area contributed by atoms with Crippen molar-refractivity contribution < 1.29 is 34.8 Å². The average molecular weight is 574 g/mol. The summed E-state index contributed by atoms with van der Waals surface area (Å²) in [6.07, 6.45) is 2.49. The summed E-state index contributed by atoms with van der Waals surface area (Å²) in [5.74, 6) is -6.24. The number of aliphatic hydroxyl groups is 3. The number of phenolic OH excluding ortho intramolecular Hbond substituents is 1. The maximum atomic E-state index is 13.8. The lowest BCUT2D eigenvalue weighted by molar-refractivity contribution is -0.148. The van der Waals surface area contributed by atoms with Gasteiger partial charge in [0.25, 0.3) is 5.91 Å². The number of hydrogen-bond donors (Lipinski definition) is 5. The zero-order valence-corrected chi connectivity index (χ0v) is 24.0. The third-order valence-electron chi connectivity index (χ3n) is 9.70. The fourth-order valence-corrected chi connectivity index (χ4v) is 7.32. The molecule has 40 heavy (non-hydrogen) atoms. The summed E-state index contributed by atoms with van der Waals surface area (Å²) in [7, 11) is 5.18. The second-order valence-electron chi connectivity index (χ2n) is 12.5. The molecule has 1 aromatic carbocycles. The lowest BCUT2D eigenvalue weighted by atomic mass is 9.58. The standard InChI is InChI=1S/C29H36ClN3O7/c1-28(2,14-6-7-14)33(5)11-13-10-17(34)19-15(21(13)30)8-12-9-16-22(32(3)4)24(36)20(27(31)39)26(38)29(16,40)25(37)18(12)23(19)35/h10,12,14,16,22,34,36-37,40H,6-9,11H2,1-5H3,(H2,31,39)/t12-,16-,22-,29?/m0/s1. The Morgan fingerprint density at radius 1 is 1.18 bits per heavy atom. The molecule has 0 bridgehead atoms. The highest BCUT2D eigenvalue weighted by atomic mass is 35.5. The highest BCUT2D eigenvalue weighted by Gasteiger charge is 2.63. The number of nitrogens with zero attached hydrogens (tertiary/aromatic N) is 2. The van der Waals surface area contributed by atoms with Crippen molar-refractivity contribution in [3.8, 4) is 5.75 Å². The Bertz CT molecular complexity index is 1410. The molecule has 5 rings (SSSR count). The molecule has 0 aliphatic heterocycles. The van der Waals surface area contributed by atoms with Gasteiger partial charge < -0.3 is 26.2 Å². The van der Waals surface area contributed by atoms with Crippen LogP contribution in [0, 0.1) is 17.8 Å². The molecule has 1 aromatic rings. The first-order valence-electron chi connectivity index (χ1n) is 13.4. The van der Waals surface area contributed by atoms with Crippen LogP contribution >= 0.6 is 11.6 Å². The Morgan fingerprint density at radius 2 is 1.80 bits per heavy atom. The molecule has 0 heterocycles. The first-order valence-corrected chi connectivity index (χ1v) is 13.8. The molecule has 1 amide bonds. The number of rotatable bonds is 6. The molecule has 4 atom stereocenters. The Labute approximate surface area is 237 Å². The minimum atomic E-state index is -2.67. The number of Topliss-reactive ketones (excluding diaryl/α,β-unsaturated/α-hetero) is 2. The van der Waals surface area contributed by atoms with Crippen LogP contribution in [-0.4, -0.2) is 86.0 Å². The van der Waals surface area contributed by atoms with Crippen molar-refractivity contribution in [2.75, 3.05) is 21.1 Å². The monoisotopic (exact) mass is 573 g/mol. The van der Waals surface area contributed by atoms with Crippen molar-refractivity contribution in [1.82, 2.24) is 9.80 Å². The molecule has 11 heteroatoms. The van der Waals surface area contributed by atoms with Crippen LogP contribution in [0.4, 0.5) is 0 Å². The van der Waals surface area contributed by atoms with Gasteiger partial charge in [-0.15, -0.1) is 0 Å². The summed E-state index contributed by atoms with van der Waals surface area (Å²) in [4.78, 5) is 43.0. The third-order valence-corrected chi connectivity index (χ3v) is 10.2. The lowest BCUT2D eigenvalue weighted by Gasteiger charge is -2.50. The molecule has 1 unspecified atom stereocenters. The Balaban J connectivity index is 1.61. The first-order chi connectivity index (χ1) is 18.5. The van der Waals surface area contributed by atoms with Gasteiger partial charge >= 0.3 is 0 Å². The Hall–Kier alpha value is -2.92. The van der Waals surface area contributed by atoms with E-state index < -0.39 is 58.0 Å². The van der Waals surface area contributed by atoms with E-state index in [1.165, 1.54) is 11.0 Å². The van der Waals surface area contributed by atoms with Crippen LogP contribution in [-0.2, 0) is 22.6 Å². The highest BCUT2D eigenvalue weighted by molar-refractivity contribution is 6.33. The van der Waals surface area contributed by atoms with Crippen LogP contribution in [0.5, 0.6) is 5.75 Å². The van der Waals surface area contributed by atoms with Crippen molar-refractivity contribution in [2.45, 2.75) is 63.3 Å². The Morgan fingerprint density at radius 3 is 2.35 bits per heavy atom. The fourth-order valence-electron chi connectivity index (χ4n) is 7.03. The second-order valence-corrected chi connectivity index (χ2v) is 12.8. The summed E-state index contributed by atoms with van der Waals surface area (Å²) in [6.45, 7) is 4.79. The van der Waals surface area contributed by atoms with Gasteiger partial charge in [-0.25, -0.2) is 0 Å². The number of hydrogen-bond acceptors (Lipinski definition) is 9. The molecular weight excluding hydrogens is 538 g/mol. The van der Waals surface area contributed by atoms with E-state index in [4.69, 9.17) is 17.3 Å². The summed E-state index contributed by atoms with van der Waals surface area (Å²) in [5, 5.41) is 45.3. The lowest BCUT2D eigenvalue weighted by Crippen LogP contribution is -2.63. The zero-order valence-electron chi connectivity index (χ0n) is 23.3. The van der Waals surface area contributed by atoms with E-state index in [1.807, 2.05) is 7.05 Å². The van der Waals surface area contributed by atoms with E-state index in [9.17, 15) is 34.8 Å². The molecule has 0 saturated heterocycles. The second kappa shape index (κ2) is 9.30. The molecule has 0 spiro atoms. The molecule has 1 saturated carbocycles. The summed E-state index contributed by atoms with van der Waals surface area (Å²) < 4.78 is 0. The van der Waals surface area contributed by atoms with Crippen LogP contribution in [0.3, 0.4) is 0 Å². The normalized spacial score (nSPS) is 28.7. The zero-order chi connectivity index (χ0) is 29.6. The maximum absolute atomic E-state index is 13.8.